The van der Waals surface area contributed by atoms with Gasteiger partial charge in [0, 0.05) is 24.7 Å². The number of amides is 1. The summed E-state index contributed by atoms with van der Waals surface area (Å²) in [6.07, 6.45) is 0.915. The molecule has 0 atom stereocenters. The number of hydrogen-bond donors (Lipinski definition) is 2. The highest BCUT2D eigenvalue weighted by atomic mass is 16.5. The summed E-state index contributed by atoms with van der Waals surface area (Å²) >= 11 is 0. The number of hydrogen-bond acceptors (Lipinski definition) is 4. The Labute approximate surface area is 127 Å². The number of carbonyl (C=O) groups is 1. The van der Waals surface area contributed by atoms with Crippen molar-refractivity contribution in [3.63, 3.8) is 0 Å². The molecular weight excluding hydrogens is 268 g/mol. The molecule has 118 valence electrons. The van der Waals surface area contributed by atoms with Gasteiger partial charge in [-0.1, -0.05) is 20.8 Å². The zero-order valence-electron chi connectivity index (χ0n) is 13.4. The van der Waals surface area contributed by atoms with Crippen molar-refractivity contribution in [1.82, 2.24) is 10.6 Å². The summed E-state index contributed by atoms with van der Waals surface area (Å²) in [4.78, 5) is 11.6. The lowest BCUT2D eigenvalue weighted by Crippen LogP contribution is -2.29. The Morgan fingerprint density at radius 2 is 2.10 bits per heavy atom. The van der Waals surface area contributed by atoms with Crippen molar-refractivity contribution < 1.29 is 14.3 Å². The minimum atomic E-state index is -0.101. The number of benzene rings is 1. The number of carbonyl (C=O) groups excluding carboxylic acids is 1. The van der Waals surface area contributed by atoms with Gasteiger partial charge in [0.05, 0.1) is 7.11 Å². The normalized spacial score (nSPS) is 10.5. The predicted octanol–water partition coefficient (Wildman–Crippen LogP) is 2.10. The summed E-state index contributed by atoms with van der Waals surface area (Å²) in [5, 5.41) is 6.13. The first-order valence-electron chi connectivity index (χ1n) is 7.36. The number of nitrogens with one attached hydrogen (secondary N) is 2. The second-order valence-electron chi connectivity index (χ2n) is 5.15. The van der Waals surface area contributed by atoms with Crippen LogP contribution in [0.5, 0.6) is 11.5 Å². The molecule has 1 amide bonds. The van der Waals surface area contributed by atoms with Crippen LogP contribution in [0.15, 0.2) is 18.2 Å². The van der Waals surface area contributed by atoms with Gasteiger partial charge in [-0.15, -0.1) is 0 Å². The fourth-order valence-corrected chi connectivity index (χ4v) is 1.73. The van der Waals surface area contributed by atoms with Gasteiger partial charge in [-0.3, -0.25) is 4.79 Å². The maximum absolute atomic E-state index is 11.6. The van der Waals surface area contributed by atoms with Gasteiger partial charge in [0.15, 0.2) is 6.61 Å². The van der Waals surface area contributed by atoms with Crippen molar-refractivity contribution in [3.8, 4) is 11.5 Å². The number of methoxy groups -OCH3 is 1. The SMILES string of the molecule is CCCNC(=O)COc1ccc(OC)cc1CNC(C)C. The molecule has 5 nitrogen and oxygen atoms in total. The Kier molecular flexibility index (Phi) is 7.61. The molecule has 0 heterocycles. The third-order valence-corrected chi connectivity index (χ3v) is 2.90. The summed E-state index contributed by atoms with van der Waals surface area (Å²) < 4.78 is 10.9. The maximum atomic E-state index is 11.6. The molecule has 5 heteroatoms. The molecule has 2 N–H and O–H groups in total. The highest BCUT2D eigenvalue weighted by molar-refractivity contribution is 5.77. The zero-order valence-corrected chi connectivity index (χ0v) is 13.4. The van der Waals surface area contributed by atoms with Gasteiger partial charge in [0.2, 0.25) is 0 Å². The van der Waals surface area contributed by atoms with E-state index in [9.17, 15) is 4.79 Å². The van der Waals surface area contributed by atoms with Crippen LogP contribution in [0.4, 0.5) is 0 Å². The number of rotatable bonds is 9. The Hall–Kier alpha value is -1.75. The molecule has 1 aromatic carbocycles. The Morgan fingerprint density at radius 3 is 2.71 bits per heavy atom. The van der Waals surface area contributed by atoms with Crippen LogP contribution >= 0.6 is 0 Å². The quantitative estimate of drug-likeness (QED) is 0.732. The highest BCUT2D eigenvalue weighted by Crippen LogP contribution is 2.24. The van der Waals surface area contributed by atoms with E-state index in [2.05, 4.69) is 24.5 Å². The number of ether oxygens (including phenoxy) is 2. The van der Waals surface area contributed by atoms with Crippen molar-refractivity contribution in [1.29, 1.82) is 0 Å². The molecule has 21 heavy (non-hydrogen) atoms. The average molecular weight is 294 g/mol. The molecule has 0 bridgehead atoms. The largest absolute Gasteiger partial charge is 0.497 e. The molecule has 0 aliphatic carbocycles. The summed E-state index contributed by atoms with van der Waals surface area (Å²) in [5.41, 5.74) is 0.978. The molecule has 0 aliphatic heterocycles. The van der Waals surface area contributed by atoms with Gasteiger partial charge in [0.1, 0.15) is 11.5 Å². The van der Waals surface area contributed by atoms with Crippen molar-refractivity contribution in [2.24, 2.45) is 0 Å². The van der Waals surface area contributed by atoms with E-state index in [1.54, 1.807) is 7.11 Å². The van der Waals surface area contributed by atoms with Crippen LogP contribution in [0.3, 0.4) is 0 Å². The van der Waals surface area contributed by atoms with Crippen LogP contribution < -0.4 is 20.1 Å². The Morgan fingerprint density at radius 1 is 1.33 bits per heavy atom. The van der Waals surface area contributed by atoms with Crippen LogP contribution in [0.1, 0.15) is 32.8 Å². The predicted molar refractivity (Wildman–Crippen MR) is 83.8 cm³/mol. The van der Waals surface area contributed by atoms with E-state index in [-0.39, 0.29) is 12.5 Å². The van der Waals surface area contributed by atoms with Crippen molar-refractivity contribution in [3.05, 3.63) is 23.8 Å². The van der Waals surface area contributed by atoms with Gasteiger partial charge >= 0.3 is 0 Å². The molecule has 0 unspecified atom stereocenters. The summed E-state index contributed by atoms with van der Waals surface area (Å²) in [7, 11) is 1.63. The molecule has 1 aromatic rings. The zero-order chi connectivity index (χ0) is 15.7. The third kappa shape index (κ3) is 6.49. The maximum Gasteiger partial charge on any atom is 0.257 e. The summed E-state index contributed by atoms with van der Waals surface area (Å²) in [6.45, 7) is 7.55. The molecule has 0 radical (unpaired) electrons. The first-order valence-corrected chi connectivity index (χ1v) is 7.36. The van der Waals surface area contributed by atoms with Crippen LogP contribution in [0, 0.1) is 0 Å². The second kappa shape index (κ2) is 9.23. The minimum Gasteiger partial charge on any atom is -0.497 e. The fourth-order valence-electron chi connectivity index (χ4n) is 1.73. The van der Waals surface area contributed by atoms with Gasteiger partial charge in [-0.05, 0) is 24.6 Å². The Balaban J connectivity index is 2.68. The van der Waals surface area contributed by atoms with Crippen molar-refractivity contribution in [2.45, 2.75) is 39.8 Å². The lowest BCUT2D eigenvalue weighted by atomic mass is 10.1. The molecule has 0 aliphatic rings. The average Bonchev–Trinajstić information content (AvgIpc) is 2.48. The molecule has 0 saturated heterocycles. The minimum absolute atomic E-state index is 0.0288. The first-order chi connectivity index (χ1) is 10.1. The van der Waals surface area contributed by atoms with E-state index in [1.807, 2.05) is 25.1 Å². The van der Waals surface area contributed by atoms with Crippen LogP contribution in [-0.2, 0) is 11.3 Å². The standard InChI is InChI=1S/C16H26N2O3/c1-5-8-17-16(19)11-21-15-7-6-14(20-4)9-13(15)10-18-12(2)3/h6-7,9,12,18H,5,8,10-11H2,1-4H3,(H,17,19). The fraction of sp³-hybridized carbons (Fsp3) is 0.562. The van der Waals surface area contributed by atoms with Crippen LogP contribution in [-0.4, -0.2) is 32.2 Å². The monoisotopic (exact) mass is 294 g/mol. The van der Waals surface area contributed by atoms with E-state index < -0.39 is 0 Å². The smallest absolute Gasteiger partial charge is 0.257 e. The lowest BCUT2D eigenvalue weighted by molar-refractivity contribution is -0.123. The summed E-state index contributed by atoms with van der Waals surface area (Å²) in [5.74, 6) is 1.38. The van der Waals surface area contributed by atoms with Crippen molar-refractivity contribution in [2.75, 3.05) is 20.3 Å². The Bertz CT molecular complexity index is 447. The molecule has 0 spiro atoms. The van der Waals surface area contributed by atoms with E-state index >= 15 is 0 Å². The second-order valence-corrected chi connectivity index (χ2v) is 5.15. The summed E-state index contributed by atoms with van der Waals surface area (Å²) in [6, 6.07) is 5.97. The van der Waals surface area contributed by atoms with Gasteiger partial charge in [-0.2, -0.15) is 0 Å². The lowest BCUT2D eigenvalue weighted by Gasteiger charge is -2.15. The van der Waals surface area contributed by atoms with E-state index in [0.717, 1.165) is 17.7 Å². The van der Waals surface area contributed by atoms with E-state index in [0.29, 0.717) is 24.9 Å². The molecule has 0 fully saturated rings. The molecule has 1 rings (SSSR count). The van der Waals surface area contributed by atoms with Gasteiger partial charge in [-0.25, -0.2) is 0 Å². The van der Waals surface area contributed by atoms with Crippen LogP contribution in [0.2, 0.25) is 0 Å². The first kappa shape index (κ1) is 17.3. The van der Waals surface area contributed by atoms with Gasteiger partial charge in [0.25, 0.3) is 5.91 Å². The third-order valence-electron chi connectivity index (χ3n) is 2.90. The molecule has 0 saturated carbocycles. The van der Waals surface area contributed by atoms with E-state index in [1.165, 1.54) is 0 Å². The molecular formula is C16H26N2O3. The topological polar surface area (TPSA) is 59.6 Å². The van der Waals surface area contributed by atoms with Crippen LogP contribution in [0.25, 0.3) is 0 Å². The van der Waals surface area contributed by atoms with Crippen molar-refractivity contribution >= 4 is 5.91 Å². The van der Waals surface area contributed by atoms with E-state index in [4.69, 9.17) is 9.47 Å². The van der Waals surface area contributed by atoms with Gasteiger partial charge < -0.3 is 20.1 Å². The highest BCUT2D eigenvalue weighted by Gasteiger charge is 2.09. The molecule has 0 aromatic heterocycles.